The molecule has 2 aromatic rings. The monoisotopic (exact) mass is 419 g/mol. The molecule has 1 aromatic carbocycles. The number of aromatic nitrogens is 1. The van der Waals surface area contributed by atoms with Crippen LogP contribution in [0.1, 0.15) is 35.4 Å². The van der Waals surface area contributed by atoms with Crippen molar-refractivity contribution < 1.29 is 23.9 Å². The van der Waals surface area contributed by atoms with E-state index in [-0.39, 0.29) is 32.6 Å². The molecule has 0 radical (unpaired) electrons. The normalized spacial score (nSPS) is 15.9. The fraction of sp³-hybridized carbons (Fsp3) is 0.412. The summed E-state index contributed by atoms with van der Waals surface area (Å²) >= 11 is 18.4. The number of aromatic carboxylic acids is 1. The summed E-state index contributed by atoms with van der Waals surface area (Å²) < 4.78 is 16.3. The number of carboxylic acid groups (broad SMARTS) is 1. The predicted molar refractivity (Wildman–Crippen MR) is 97.3 cm³/mol. The molecule has 0 amide bonds. The Bertz CT molecular complexity index is 820. The molecule has 1 saturated carbocycles. The molecule has 0 saturated heterocycles. The van der Waals surface area contributed by atoms with E-state index < -0.39 is 17.7 Å². The second-order valence-corrected chi connectivity index (χ2v) is 7.35. The number of carboxylic acids is 1. The Balaban J connectivity index is 2.22. The van der Waals surface area contributed by atoms with Crippen molar-refractivity contribution in [3.63, 3.8) is 0 Å². The van der Waals surface area contributed by atoms with Gasteiger partial charge in [-0.1, -0.05) is 46.4 Å². The Morgan fingerprint density at radius 3 is 2.23 bits per heavy atom. The Morgan fingerprint density at radius 2 is 1.81 bits per heavy atom. The molecule has 1 N–H and O–H groups in total. The lowest BCUT2D eigenvalue weighted by Crippen LogP contribution is -2.48. The van der Waals surface area contributed by atoms with Crippen molar-refractivity contribution in [2.24, 2.45) is 0 Å². The molecule has 1 heterocycles. The van der Waals surface area contributed by atoms with Gasteiger partial charge < -0.3 is 19.1 Å². The number of benzene rings is 1. The second kappa shape index (κ2) is 7.37. The molecule has 26 heavy (non-hydrogen) atoms. The third kappa shape index (κ3) is 3.00. The van der Waals surface area contributed by atoms with Gasteiger partial charge in [-0.05, 0) is 25.0 Å². The first kappa shape index (κ1) is 19.5. The average molecular weight is 421 g/mol. The number of hydrogen-bond acceptors (Lipinski definition) is 5. The Labute approximate surface area is 164 Å². The molecule has 0 spiro atoms. The number of carbonyl (C=O) groups is 1. The van der Waals surface area contributed by atoms with Gasteiger partial charge in [0.1, 0.15) is 11.3 Å². The fourth-order valence-corrected chi connectivity index (χ4v) is 4.44. The molecule has 1 aromatic heterocycles. The highest BCUT2D eigenvalue weighted by Crippen LogP contribution is 2.51. The molecule has 6 nitrogen and oxygen atoms in total. The lowest BCUT2D eigenvalue weighted by atomic mass is 9.65. The first-order valence-electron chi connectivity index (χ1n) is 7.79. The van der Waals surface area contributed by atoms with E-state index in [0.717, 1.165) is 6.42 Å². The predicted octanol–water partition coefficient (Wildman–Crippen LogP) is 5.04. The van der Waals surface area contributed by atoms with Gasteiger partial charge in [-0.15, -0.1) is 0 Å². The fourth-order valence-electron chi connectivity index (χ4n) is 3.44. The van der Waals surface area contributed by atoms with E-state index in [2.05, 4.69) is 5.16 Å². The van der Waals surface area contributed by atoms with Crippen molar-refractivity contribution in [3.05, 3.63) is 38.5 Å². The highest BCUT2D eigenvalue weighted by molar-refractivity contribution is 6.42. The third-order valence-electron chi connectivity index (χ3n) is 4.73. The number of methoxy groups -OCH3 is 2. The van der Waals surface area contributed by atoms with E-state index in [4.69, 9.17) is 48.8 Å². The van der Waals surface area contributed by atoms with Crippen LogP contribution >= 0.6 is 34.8 Å². The first-order valence-corrected chi connectivity index (χ1v) is 8.93. The smallest absolute Gasteiger partial charge is 0.341 e. The van der Waals surface area contributed by atoms with E-state index in [0.29, 0.717) is 17.9 Å². The van der Waals surface area contributed by atoms with Crippen molar-refractivity contribution in [2.75, 3.05) is 14.2 Å². The quantitative estimate of drug-likeness (QED) is 0.659. The van der Waals surface area contributed by atoms with Crippen molar-refractivity contribution in [1.82, 2.24) is 5.16 Å². The van der Waals surface area contributed by atoms with Gasteiger partial charge in [-0.2, -0.15) is 0 Å². The van der Waals surface area contributed by atoms with E-state index >= 15 is 0 Å². The van der Waals surface area contributed by atoms with Crippen molar-refractivity contribution in [1.29, 1.82) is 0 Å². The van der Waals surface area contributed by atoms with Crippen LogP contribution in [-0.2, 0) is 14.9 Å². The van der Waals surface area contributed by atoms with E-state index in [1.807, 2.05) is 0 Å². The Morgan fingerprint density at radius 1 is 1.23 bits per heavy atom. The molecule has 1 fully saturated rings. The van der Waals surface area contributed by atoms with Gasteiger partial charge in [-0.25, -0.2) is 4.79 Å². The van der Waals surface area contributed by atoms with Gasteiger partial charge >= 0.3 is 5.97 Å². The maximum atomic E-state index is 12.1. The van der Waals surface area contributed by atoms with E-state index in [1.165, 1.54) is 26.4 Å². The molecular formula is C17H16Cl3NO5. The molecule has 1 aliphatic carbocycles. The van der Waals surface area contributed by atoms with Crippen LogP contribution in [0, 0.1) is 0 Å². The summed E-state index contributed by atoms with van der Waals surface area (Å²) in [4.78, 5) is 12.1. The zero-order chi connectivity index (χ0) is 19.1. The number of halogens is 3. The number of ether oxygens (including phenoxy) is 2. The topological polar surface area (TPSA) is 81.8 Å². The van der Waals surface area contributed by atoms with E-state index in [9.17, 15) is 9.90 Å². The SMILES string of the molecule is COC(OC)C1(c2onc(-c3c(Cl)cc(Cl)cc3Cl)c2C(=O)O)CCC1. The highest BCUT2D eigenvalue weighted by atomic mass is 35.5. The Hall–Kier alpha value is -1.31. The lowest BCUT2D eigenvalue weighted by Gasteiger charge is -2.44. The molecule has 0 bridgehead atoms. The van der Waals surface area contributed by atoms with Crippen LogP contribution in [0.25, 0.3) is 11.3 Å². The zero-order valence-electron chi connectivity index (χ0n) is 14.0. The molecular weight excluding hydrogens is 405 g/mol. The summed E-state index contributed by atoms with van der Waals surface area (Å²) in [6, 6.07) is 2.94. The summed E-state index contributed by atoms with van der Waals surface area (Å²) in [5.74, 6) is -1.00. The minimum atomic E-state index is -1.20. The van der Waals surface area contributed by atoms with Gasteiger partial charge in [0.15, 0.2) is 12.1 Å². The van der Waals surface area contributed by atoms with Crippen LogP contribution in [-0.4, -0.2) is 36.7 Å². The maximum Gasteiger partial charge on any atom is 0.341 e. The van der Waals surface area contributed by atoms with Crippen LogP contribution in [0.4, 0.5) is 0 Å². The molecule has 9 heteroatoms. The van der Waals surface area contributed by atoms with Crippen LogP contribution in [0.2, 0.25) is 15.1 Å². The van der Waals surface area contributed by atoms with Gasteiger partial charge in [0.25, 0.3) is 0 Å². The van der Waals surface area contributed by atoms with Crippen molar-refractivity contribution in [2.45, 2.75) is 31.0 Å². The number of nitrogens with zero attached hydrogens (tertiary/aromatic N) is 1. The van der Waals surface area contributed by atoms with Crippen LogP contribution in [0.3, 0.4) is 0 Å². The first-order chi connectivity index (χ1) is 12.4. The largest absolute Gasteiger partial charge is 0.477 e. The summed E-state index contributed by atoms with van der Waals surface area (Å²) in [5.41, 5.74) is -0.522. The summed E-state index contributed by atoms with van der Waals surface area (Å²) in [6.07, 6.45) is 1.53. The third-order valence-corrected chi connectivity index (χ3v) is 5.54. The minimum Gasteiger partial charge on any atom is -0.477 e. The van der Waals surface area contributed by atoms with Crippen molar-refractivity contribution in [3.8, 4) is 11.3 Å². The number of rotatable bonds is 6. The molecule has 1 aliphatic rings. The van der Waals surface area contributed by atoms with Crippen LogP contribution in [0.5, 0.6) is 0 Å². The zero-order valence-corrected chi connectivity index (χ0v) is 16.3. The number of hydrogen-bond donors (Lipinski definition) is 1. The van der Waals surface area contributed by atoms with Gasteiger partial charge in [-0.3, -0.25) is 0 Å². The Kier molecular flexibility index (Phi) is 5.51. The highest BCUT2D eigenvalue weighted by Gasteiger charge is 2.52. The molecule has 3 rings (SSSR count). The van der Waals surface area contributed by atoms with Gasteiger partial charge in [0.2, 0.25) is 0 Å². The lowest BCUT2D eigenvalue weighted by molar-refractivity contribution is -0.176. The standard InChI is InChI=1S/C17H16Cl3NO5/c1-24-16(25-2)17(4-3-5-17)14-12(15(22)23)13(21-26-14)11-9(19)6-8(18)7-10(11)20/h6-7,16H,3-5H2,1-2H3,(H,22,23). The minimum absolute atomic E-state index is 0.0522. The van der Waals surface area contributed by atoms with Gasteiger partial charge in [0, 0.05) is 24.8 Å². The molecule has 0 unspecified atom stereocenters. The van der Waals surface area contributed by atoms with E-state index in [1.54, 1.807) is 0 Å². The van der Waals surface area contributed by atoms with Crippen LogP contribution in [0.15, 0.2) is 16.7 Å². The molecule has 0 atom stereocenters. The van der Waals surface area contributed by atoms with Crippen LogP contribution < -0.4 is 0 Å². The summed E-state index contributed by atoms with van der Waals surface area (Å²) in [7, 11) is 3.00. The van der Waals surface area contributed by atoms with Crippen molar-refractivity contribution >= 4 is 40.8 Å². The second-order valence-electron chi connectivity index (χ2n) is 6.10. The molecule has 0 aliphatic heterocycles. The maximum absolute atomic E-state index is 12.1. The summed E-state index contributed by atoms with van der Waals surface area (Å²) in [6.45, 7) is 0. The summed E-state index contributed by atoms with van der Waals surface area (Å²) in [5, 5.41) is 14.5. The average Bonchev–Trinajstić information content (AvgIpc) is 2.94. The van der Waals surface area contributed by atoms with Gasteiger partial charge in [0.05, 0.1) is 15.5 Å². The molecule has 140 valence electrons.